The van der Waals surface area contributed by atoms with Gasteiger partial charge in [-0.2, -0.15) is 13.2 Å². The van der Waals surface area contributed by atoms with Gasteiger partial charge in [0.1, 0.15) is 5.54 Å². The fourth-order valence-corrected chi connectivity index (χ4v) is 1.26. The number of ether oxygens (including phenoxy) is 1. The Balaban J connectivity index is 3.95. The van der Waals surface area contributed by atoms with Gasteiger partial charge in [0.05, 0.1) is 6.61 Å². The van der Waals surface area contributed by atoms with Crippen LogP contribution >= 0.6 is 0 Å². The minimum Gasteiger partial charge on any atom is -0.379 e. The molecule has 0 saturated carbocycles. The smallest absolute Gasteiger partial charge is 0.379 e. The molecule has 108 valence electrons. The van der Waals surface area contributed by atoms with Crippen LogP contribution in [0, 0.1) is 0 Å². The zero-order chi connectivity index (χ0) is 14.2. The molecule has 0 rings (SSSR count). The van der Waals surface area contributed by atoms with Crippen molar-refractivity contribution in [1.82, 2.24) is 5.32 Å². The quantitative estimate of drug-likeness (QED) is 0.625. The summed E-state index contributed by atoms with van der Waals surface area (Å²) in [6.45, 7) is 4.02. The first-order valence-corrected chi connectivity index (χ1v) is 5.90. The summed E-state index contributed by atoms with van der Waals surface area (Å²) in [6, 6.07) is 0. The predicted molar refractivity (Wildman–Crippen MR) is 62.0 cm³/mol. The van der Waals surface area contributed by atoms with Crippen molar-refractivity contribution in [3.8, 4) is 0 Å². The highest BCUT2D eigenvalue weighted by Gasteiger charge is 2.31. The van der Waals surface area contributed by atoms with Crippen molar-refractivity contribution in [3.63, 3.8) is 0 Å². The van der Waals surface area contributed by atoms with E-state index < -0.39 is 24.0 Å². The summed E-state index contributed by atoms with van der Waals surface area (Å²) in [4.78, 5) is 11.2. The van der Waals surface area contributed by atoms with Gasteiger partial charge in [-0.25, -0.2) is 0 Å². The van der Waals surface area contributed by atoms with Gasteiger partial charge in [0.2, 0.25) is 5.91 Å². The molecule has 0 spiro atoms. The Labute approximate surface area is 105 Å². The first kappa shape index (κ1) is 17.2. The van der Waals surface area contributed by atoms with Crippen molar-refractivity contribution in [2.24, 2.45) is 5.73 Å². The van der Waals surface area contributed by atoms with Crippen molar-refractivity contribution in [3.05, 3.63) is 0 Å². The molecule has 0 bridgehead atoms. The van der Waals surface area contributed by atoms with Crippen LogP contribution in [0.15, 0.2) is 0 Å². The van der Waals surface area contributed by atoms with Crippen molar-refractivity contribution in [1.29, 1.82) is 0 Å². The van der Waals surface area contributed by atoms with Crippen LogP contribution < -0.4 is 11.1 Å². The average Bonchev–Trinajstić information content (AvgIpc) is 2.24. The van der Waals surface area contributed by atoms with Crippen LogP contribution in [0.25, 0.3) is 0 Å². The molecule has 1 unspecified atom stereocenters. The summed E-state index contributed by atoms with van der Waals surface area (Å²) in [6.07, 6.45) is -4.36. The number of amides is 1. The van der Waals surface area contributed by atoms with Crippen molar-refractivity contribution < 1.29 is 22.7 Å². The normalized spacial score (nSPS) is 15.4. The van der Waals surface area contributed by atoms with Crippen LogP contribution in [0.1, 0.15) is 33.1 Å². The molecule has 0 aromatic carbocycles. The Bertz CT molecular complexity index is 259. The number of carbonyl (C=O) groups excluding carboxylic acids is 1. The van der Waals surface area contributed by atoms with Crippen LogP contribution in [-0.2, 0) is 9.53 Å². The van der Waals surface area contributed by atoms with Gasteiger partial charge in [0, 0.05) is 13.0 Å². The summed E-state index contributed by atoms with van der Waals surface area (Å²) in [5.41, 5.74) is 4.20. The van der Waals surface area contributed by atoms with Crippen molar-refractivity contribution in [2.75, 3.05) is 19.8 Å². The molecular formula is C11H21F3N2O2. The number of alkyl halides is 3. The number of primary amides is 1. The lowest BCUT2D eigenvalue weighted by Gasteiger charge is -2.27. The lowest BCUT2D eigenvalue weighted by atomic mass is 10.0. The summed E-state index contributed by atoms with van der Waals surface area (Å²) >= 11 is 0. The van der Waals surface area contributed by atoms with Gasteiger partial charge >= 0.3 is 6.18 Å². The minimum atomic E-state index is -4.17. The molecule has 4 nitrogen and oxygen atoms in total. The molecule has 0 aliphatic rings. The van der Waals surface area contributed by atoms with E-state index in [4.69, 9.17) is 10.5 Å². The molecular weight excluding hydrogens is 249 g/mol. The molecule has 7 heteroatoms. The molecule has 0 fully saturated rings. The van der Waals surface area contributed by atoms with Crippen LogP contribution in [0.2, 0.25) is 0 Å². The Morgan fingerprint density at radius 2 is 2.00 bits per heavy atom. The highest BCUT2D eigenvalue weighted by Crippen LogP contribution is 2.21. The number of nitrogens with two attached hydrogens (primary N) is 1. The first-order valence-electron chi connectivity index (χ1n) is 5.90. The summed E-state index contributed by atoms with van der Waals surface area (Å²) in [5.74, 6) is -0.577. The van der Waals surface area contributed by atoms with Gasteiger partial charge < -0.3 is 15.8 Å². The third-order valence-electron chi connectivity index (χ3n) is 2.45. The predicted octanol–water partition coefficient (Wildman–Crippen LogP) is 1.59. The number of carbonyl (C=O) groups is 1. The highest BCUT2D eigenvalue weighted by atomic mass is 19.4. The topological polar surface area (TPSA) is 64.3 Å². The van der Waals surface area contributed by atoms with Crippen LogP contribution in [0.5, 0.6) is 0 Å². The third kappa shape index (κ3) is 7.50. The largest absolute Gasteiger partial charge is 0.389 e. The van der Waals surface area contributed by atoms with Crippen LogP contribution in [-0.4, -0.2) is 37.4 Å². The van der Waals surface area contributed by atoms with Crippen molar-refractivity contribution >= 4 is 5.91 Å². The van der Waals surface area contributed by atoms with Gasteiger partial charge in [-0.15, -0.1) is 0 Å². The molecule has 0 radical (unpaired) electrons. The van der Waals surface area contributed by atoms with E-state index in [-0.39, 0.29) is 19.6 Å². The van der Waals surface area contributed by atoms with E-state index in [0.29, 0.717) is 6.54 Å². The fraction of sp³-hybridized carbons (Fsp3) is 0.909. The van der Waals surface area contributed by atoms with Crippen LogP contribution in [0.4, 0.5) is 13.2 Å². The number of rotatable bonds is 9. The fourth-order valence-electron chi connectivity index (χ4n) is 1.26. The Morgan fingerprint density at radius 3 is 2.44 bits per heavy atom. The van der Waals surface area contributed by atoms with E-state index >= 15 is 0 Å². The summed E-state index contributed by atoms with van der Waals surface area (Å²) < 4.78 is 40.7. The number of hydrogen-bond donors (Lipinski definition) is 2. The second-order valence-electron chi connectivity index (χ2n) is 4.39. The molecule has 0 aromatic rings. The highest BCUT2D eigenvalue weighted by molar-refractivity contribution is 5.84. The molecule has 1 amide bonds. The molecule has 0 heterocycles. The SMILES string of the molecule is CCCNC(C)(COCCCC(F)(F)F)C(N)=O. The van der Waals surface area contributed by atoms with E-state index in [1.54, 1.807) is 6.92 Å². The van der Waals surface area contributed by atoms with Gasteiger partial charge in [0.15, 0.2) is 0 Å². The van der Waals surface area contributed by atoms with Gasteiger partial charge in [-0.3, -0.25) is 4.79 Å². The standard InChI is InChI=1S/C11H21F3N2O2/c1-3-6-16-10(2,9(15)17)8-18-7-4-5-11(12,13)14/h16H,3-8H2,1-2H3,(H2,15,17). The maximum atomic E-state index is 11.9. The van der Waals surface area contributed by atoms with Gasteiger partial charge in [-0.05, 0) is 26.3 Å². The van der Waals surface area contributed by atoms with Gasteiger partial charge in [-0.1, -0.05) is 6.92 Å². The molecule has 3 N–H and O–H groups in total. The zero-order valence-electron chi connectivity index (χ0n) is 10.8. The van der Waals surface area contributed by atoms with Crippen LogP contribution in [0.3, 0.4) is 0 Å². The van der Waals surface area contributed by atoms with Gasteiger partial charge in [0.25, 0.3) is 0 Å². The summed E-state index contributed by atoms with van der Waals surface area (Å²) in [7, 11) is 0. The zero-order valence-corrected chi connectivity index (χ0v) is 10.8. The van der Waals surface area contributed by atoms with E-state index in [1.165, 1.54) is 0 Å². The molecule has 1 atom stereocenters. The molecule has 0 aliphatic heterocycles. The lowest BCUT2D eigenvalue weighted by Crippen LogP contribution is -2.56. The number of hydrogen-bond acceptors (Lipinski definition) is 3. The van der Waals surface area contributed by atoms with Crippen molar-refractivity contribution in [2.45, 2.75) is 44.8 Å². The molecule has 0 aliphatic carbocycles. The summed E-state index contributed by atoms with van der Waals surface area (Å²) in [5, 5.41) is 2.93. The number of halogens is 3. The second-order valence-corrected chi connectivity index (χ2v) is 4.39. The Morgan fingerprint density at radius 1 is 1.39 bits per heavy atom. The lowest BCUT2D eigenvalue weighted by molar-refractivity contribution is -0.139. The van der Waals surface area contributed by atoms with E-state index in [0.717, 1.165) is 6.42 Å². The van der Waals surface area contributed by atoms with E-state index in [1.807, 2.05) is 6.92 Å². The monoisotopic (exact) mass is 270 g/mol. The maximum absolute atomic E-state index is 11.9. The average molecular weight is 270 g/mol. The number of nitrogens with one attached hydrogen (secondary N) is 1. The minimum absolute atomic E-state index is 0.0276. The third-order valence-corrected chi connectivity index (χ3v) is 2.45. The molecule has 0 aromatic heterocycles. The second kappa shape index (κ2) is 7.58. The van der Waals surface area contributed by atoms with E-state index in [2.05, 4.69) is 5.32 Å². The molecule has 18 heavy (non-hydrogen) atoms. The van der Waals surface area contributed by atoms with E-state index in [9.17, 15) is 18.0 Å². The molecule has 0 saturated heterocycles. The Kier molecular flexibility index (Phi) is 7.23. The maximum Gasteiger partial charge on any atom is 0.389 e. The first-order chi connectivity index (χ1) is 8.21. The Hall–Kier alpha value is -0.820.